The summed E-state index contributed by atoms with van der Waals surface area (Å²) in [5.74, 6) is 0.798. The van der Waals surface area contributed by atoms with Crippen molar-refractivity contribution in [1.29, 1.82) is 0 Å². The maximum atomic E-state index is 10.8. The molecule has 2 N–H and O–H groups in total. The summed E-state index contributed by atoms with van der Waals surface area (Å²) in [6.45, 7) is 0.566. The monoisotopic (exact) mass is 198 g/mol. The molecule has 0 aromatic carbocycles. The Bertz CT molecular complexity index is 251. The molecule has 0 amide bonds. The Kier molecular flexibility index (Phi) is 2.63. The van der Waals surface area contributed by atoms with Gasteiger partial charge in [0.1, 0.15) is 0 Å². The van der Waals surface area contributed by atoms with Crippen LogP contribution in [0, 0.1) is 0 Å². The molecule has 0 aromatic rings. The standard InChI is InChI=1S/C4H10N2O3S2/c5-11(8,9)6-1-3-10(7)4-2-6/h1-4H2,(H2,5,8,9). The first kappa shape index (κ1) is 9.11. The summed E-state index contributed by atoms with van der Waals surface area (Å²) in [6, 6.07) is 0. The smallest absolute Gasteiger partial charge is 0.259 e. The highest BCUT2D eigenvalue weighted by molar-refractivity contribution is 7.87. The van der Waals surface area contributed by atoms with Crippen LogP contribution in [0.1, 0.15) is 0 Å². The van der Waals surface area contributed by atoms with Gasteiger partial charge in [0, 0.05) is 35.4 Å². The van der Waals surface area contributed by atoms with Gasteiger partial charge in [0.15, 0.2) is 0 Å². The summed E-state index contributed by atoms with van der Waals surface area (Å²) < 4.78 is 33.3. The molecule has 0 atom stereocenters. The van der Waals surface area contributed by atoms with Crippen molar-refractivity contribution in [2.24, 2.45) is 5.14 Å². The van der Waals surface area contributed by atoms with Crippen LogP contribution in [0.5, 0.6) is 0 Å². The minimum absolute atomic E-state index is 0.283. The molecule has 1 rings (SSSR count). The van der Waals surface area contributed by atoms with Crippen molar-refractivity contribution in [3.8, 4) is 0 Å². The Morgan fingerprint density at radius 2 is 1.73 bits per heavy atom. The zero-order valence-corrected chi connectivity index (χ0v) is 7.53. The van der Waals surface area contributed by atoms with Crippen LogP contribution in [0.25, 0.3) is 0 Å². The zero-order chi connectivity index (χ0) is 8.48. The molecule has 7 heteroatoms. The van der Waals surface area contributed by atoms with E-state index < -0.39 is 21.0 Å². The average Bonchev–Trinajstić information content (AvgIpc) is 1.86. The number of hydrogen-bond acceptors (Lipinski definition) is 3. The first-order valence-corrected chi connectivity index (χ1v) is 6.12. The van der Waals surface area contributed by atoms with E-state index in [4.69, 9.17) is 5.14 Å². The molecule has 0 unspecified atom stereocenters. The Labute approximate surface area is 68.2 Å². The summed E-state index contributed by atoms with van der Waals surface area (Å²) in [7, 11) is -4.41. The lowest BCUT2D eigenvalue weighted by molar-refractivity contribution is 0.440. The van der Waals surface area contributed by atoms with Crippen LogP contribution in [0.3, 0.4) is 0 Å². The second-order valence-electron chi connectivity index (χ2n) is 2.29. The molecule has 5 nitrogen and oxygen atoms in total. The molecule has 66 valence electrons. The minimum Gasteiger partial charge on any atom is -0.259 e. The number of hydrogen-bond donors (Lipinski definition) is 1. The van der Waals surface area contributed by atoms with Gasteiger partial charge in [-0.05, 0) is 0 Å². The van der Waals surface area contributed by atoms with Gasteiger partial charge in [-0.1, -0.05) is 0 Å². The Hall–Kier alpha value is 0.0200. The van der Waals surface area contributed by atoms with Crippen LogP contribution in [-0.2, 0) is 21.0 Å². The van der Waals surface area contributed by atoms with Crippen molar-refractivity contribution < 1.29 is 12.6 Å². The van der Waals surface area contributed by atoms with Crippen molar-refractivity contribution >= 4 is 21.0 Å². The largest absolute Gasteiger partial charge is 0.276 e. The molecule has 1 aliphatic heterocycles. The van der Waals surface area contributed by atoms with Crippen LogP contribution < -0.4 is 5.14 Å². The first-order chi connectivity index (χ1) is 5.00. The molecule has 0 spiro atoms. The zero-order valence-electron chi connectivity index (χ0n) is 5.89. The third-order valence-corrected chi connectivity index (χ3v) is 3.86. The van der Waals surface area contributed by atoms with Crippen molar-refractivity contribution in [3.63, 3.8) is 0 Å². The SMILES string of the molecule is NS(=O)(=O)N1CCS(=O)CC1. The highest BCUT2D eigenvalue weighted by Crippen LogP contribution is 2.02. The molecule has 0 saturated carbocycles. The third kappa shape index (κ3) is 2.51. The van der Waals surface area contributed by atoms with E-state index in [0.717, 1.165) is 4.31 Å². The van der Waals surface area contributed by atoms with E-state index in [0.29, 0.717) is 11.5 Å². The summed E-state index contributed by atoms with van der Waals surface area (Å²) in [4.78, 5) is 0. The minimum atomic E-state index is -3.55. The van der Waals surface area contributed by atoms with E-state index in [1.807, 2.05) is 0 Å². The van der Waals surface area contributed by atoms with E-state index in [1.165, 1.54) is 0 Å². The fourth-order valence-corrected chi connectivity index (χ4v) is 2.85. The number of nitrogens with two attached hydrogens (primary N) is 1. The molecule has 0 aliphatic carbocycles. The second-order valence-corrected chi connectivity index (χ2v) is 5.53. The molecule has 0 aromatic heterocycles. The Balaban J connectivity index is 2.60. The van der Waals surface area contributed by atoms with E-state index in [9.17, 15) is 12.6 Å². The van der Waals surface area contributed by atoms with Gasteiger partial charge in [-0.3, -0.25) is 4.21 Å². The topological polar surface area (TPSA) is 80.5 Å². The van der Waals surface area contributed by atoms with Crippen molar-refractivity contribution in [2.45, 2.75) is 0 Å². The molecule has 1 aliphatic rings. The molecular formula is C4H10N2O3S2. The summed E-state index contributed by atoms with van der Waals surface area (Å²) >= 11 is 0. The van der Waals surface area contributed by atoms with Gasteiger partial charge in [-0.2, -0.15) is 12.7 Å². The summed E-state index contributed by atoms with van der Waals surface area (Å²) in [6.07, 6.45) is 0. The maximum absolute atomic E-state index is 10.8. The van der Waals surface area contributed by atoms with E-state index in [2.05, 4.69) is 0 Å². The fraction of sp³-hybridized carbons (Fsp3) is 1.00. The predicted octanol–water partition coefficient (Wildman–Crippen LogP) is -1.75. The van der Waals surface area contributed by atoms with Crippen LogP contribution in [0.2, 0.25) is 0 Å². The molecular weight excluding hydrogens is 188 g/mol. The van der Waals surface area contributed by atoms with E-state index >= 15 is 0 Å². The lowest BCUT2D eigenvalue weighted by Gasteiger charge is -2.22. The Morgan fingerprint density at radius 1 is 1.27 bits per heavy atom. The molecule has 1 saturated heterocycles. The van der Waals surface area contributed by atoms with Crippen molar-refractivity contribution in [1.82, 2.24) is 4.31 Å². The molecule has 11 heavy (non-hydrogen) atoms. The maximum Gasteiger partial charge on any atom is 0.276 e. The first-order valence-electron chi connectivity index (χ1n) is 3.13. The molecule has 1 fully saturated rings. The second kappa shape index (κ2) is 3.18. The van der Waals surface area contributed by atoms with E-state index in [-0.39, 0.29) is 13.1 Å². The van der Waals surface area contributed by atoms with Gasteiger partial charge >= 0.3 is 0 Å². The Morgan fingerprint density at radius 3 is 2.09 bits per heavy atom. The van der Waals surface area contributed by atoms with Gasteiger partial charge in [0.2, 0.25) is 0 Å². The van der Waals surface area contributed by atoms with Gasteiger partial charge < -0.3 is 0 Å². The normalized spacial score (nSPS) is 23.7. The highest BCUT2D eigenvalue weighted by Gasteiger charge is 2.22. The van der Waals surface area contributed by atoms with Gasteiger partial charge in [0.05, 0.1) is 0 Å². The van der Waals surface area contributed by atoms with Crippen molar-refractivity contribution in [3.05, 3.63) is 0 Å². The van der Waals surface area contributed by atoms with E-state index in [1.54, 1.807) is 0 Å². The van der Waals surface area contributed by atoms with Crippen LogP contribution in [0.4, 0.5) is 0 Å². The lowest BCUT2D eigenvalue weighted by Crippen LogP contribution is -2.44. The third-order valence-electron chi connectivity index (χ3n) is 1.50. The average molecular weight is 198 g/mol. The van der Waals surface area contributed by atoms with Crippen molar-refractivity contribution in [2.75, 3.05) is 24.6 Å². The van der Waals surface area contributed by atoms with Gasteiger partial charge in [-0.15, -0.1) is 0 Å². The predicted molar refractivity (Wildman–Crippen MR) is 42.6 cm³/mol. The lowest BCUT2D eigenvalue weighted by atomic mass is 10.6. The number of nitrogens with zero attached hydrogens (tertiary/aromatic N) is 1. The number of rotatable bonds is 1. The van der Waals surface area contributed by atoms with Crippen LogP contribution >= 0.6 is 0 Å². The quantitative estimate of drug-likeness (QED) is 0.543. The fourth-order valence-electron chi connectivity index (χ4n) is 0.876. The summed E-state index contributed by atoms with van der Waals surface area (Å²) in [5.41, 5.74) is 0. The van der Waals surface area contributed by atoms with Crippen LogP contribution in [0.15, 0.2) is 0 Å². The van der Waals surface area contributed by atoms with Gasteiger partial charge in [-0.25, -0.2) is 5.14 Å². The van der Waals surface area contributed by atoms with Gasteiger partial charge in [0.25, 0.3) is 10.2 Å². The van der Waals surface area contributed by atoms with Crippen LogP contribution in [-0.4, -0.2) is 41.5 Å². The summed E-state index contributed by atoms with van der Waals surface area (Å²) in [5, 5.41) is 4.85. The molecule has 1 heterocycles. The molecule has 0 bridgehead atoms. The highest BCUT2D eigenvalue weighted by atomic mass is 32.2. The molecule has 0 radical (unpaired) electrons.